The van der Waals surface area contributed by atoms with Gasteiger partial charge in [-0.3, -0.25) is 0 Å². The van der Waals surface area contributed by atoms with E-state index in [-0.39, 0.29) is 4.75 Å². The Balaban J connectivity index is 2.46. The zero-order valence-electron chi connectivity index (χ0n) is 5.72. The van der Waals surface area contributed by atoms with Crippen LogP contribution in [0.5, 0.6) is 0 Å². The van der Waals surface area contributed by atoms with Crippen LogP contribution in [0.2, 0.25) is 0 Å². The first-order valence-electron chi connectivity index (χ1n) is 3.37. The monoisotopic (exact) mass is 144 g/mol. The zero-order chi connectivity index (χ0) is 6.74. The van der Waals surface area contributed by atoms with Crippen LogP contribution in [0.4, 0.5) is 0 Å². The SMILES string of the molecule is CC1(C=O)CCCCS1. The molecule has 0 aromatic carbocycles. The number of carbonyl (C=O) groups is 1. The Morgan fingerprint density at radius 2 is 2.33 bits per heavy atom. The van der Waals surface area contributed by atoms with Crippen molar-refractivity contribution in [1.82, 2.24) is 0 Å². The van der Waals surface area contributed by atoms with Crippen molar-refractivity contribution in [3.63, 3.8) is 0 Å². The van der Waals surface area contributed by atoms with Crippen LogP contribution in [0.1, 0.15) is 26.2 Å². The number of thioether (sulfide) groups is 1. The van der Waals surface area contributed by atoms with Gasteiger partial charge in [-0.25, -0.2) is 0 Å². The Labute approximate surface area is 60.2 Å². The van der Waals surface area contributed by atoms with E-state index in [4.69, 9.17) is 0 Å². The van der Waals surface area contributed by atoms with Crippen LogP contribution in [0, 0.1) is 0 Å². The first-order valence-corrected chi connectivity index (χ1v) is 4.36. The minimum absolute atomic E-state index is 0.0434. The summed E-state index contributed by atoms with van der Waals surface area (Å²) in [5.74, 6) is 1.16. The molecule has 1 atom stereocenters. The number of hydrogen-bond donors (Lipinski definition) is 0. The summed E-state index contributed by atoms with van der Waals surface area (Å²) >= 11 is 1.80. The van der Waals surface area contributed by atoms with Gasteiger partial charge in [-0.05, 0) is 25.5 Å². The van der Waals surface area contributed by atoms with E-state index in [0.29, 0.717) is 0 Å². The molecule has 1 heterocycles. The predicted molar refractivity (Wildman–Crippen MR) is 40.8 cm³/mol. The van der Waals surface area contributed by atoms with Crippen molar-refractivity contribution < 1.29 is 4.79 Å². The van der Waals surface area contributed by atoms with Crippen LogP contribution in [0.3, 0.4) is 0 Å². The minimum atomic E-state index is -0.0434. The molecule has 0 bridgehead atoms. The second-order valence-corrected chi connectivity index (χ2v) is 4.37. The zero-order valence-corrected chi connectivity index (χ0v) is 6.54. The lowest BCUT2D eigenvalue weighted by atomic mass is 10.0. The van der Waals surface area contributed by atoms with Gasteiger partial charge in [0.25, 0.3) is 0 Å². The fraction of sp³-hybridized carbons (Fsp3) is 0.857. The van der Waals surface area contributed by atoms with Crippen LogP contribution >= 0.6 is 11.8 Å². The molecular weight excluding hydrogens is 132 g/mol. The molecule has 0 aromatic rings. The molecule has 1 unspecified atom stereocenters. The van der Waals surface area contributed by atoms with E-state index < -0.39 is 0 Å². The first-order chi connectivity index (χ1) is 4.27. The fourth-order valence-electron chi connectivity index (χ4n) is 1.05. The predicted octanol–water partition coefficient (Wildman–Crippen LogP) is 1.86. The maximum atomic E-state index is 10.5. The Morgan fingerprint density at radius 3 is 2.67 bits per heavy atom. The summed E-state index contributed by atoms with van der Waals surface area (Å²) in [4.78, 5) is 10.5. The molecule has 0 aromatic heterocycles. The van der Waals surface area contributed by atoms with Gasteiger partial charge >= 0.3 is 0 Å². The van der Waals surface area contributed by atoms with Gasteiger partial charge in [0, 0.05) is 0 Å². The third-order valence-electron chi connectivity index (χ3n) is 1.75. The molecular formula is C7H12OS. The maximum absolute atomic E-state index is 10.5. The highest BCUT2D eigenvalue weighted by Gasteiger charge is 2.26. The molecule has 0 aliphatic carbocycles. The van der Waals surface area contributed by atoms with Crippen molar-refractivity contribution in [3.8, 4) is 0 Å². The molecule has 2 heteroatoms. The highest BCUT2D eigenvalue weighted by atomic mass is 32.2. The summed E-state index contributed by atoms with van der Waals surface area (Å²) in [6.07, 6.45) is 4.67. The molecule has 0 radical (unpaired) electrons. The van der Waals surface area contributed by atoms with Gasteiger partial charge in [-0.15, -0.1) is 11.8 Å². The number of hydrogen-bond acceptors (Lipinski definition) is 2. The molecule has 1 saturated heterocycles. The average Bonchev–Trinajstić information content (AvgIpc) is 1.90. The molecule has 1 aliphatic rings. The molecule has 0 spiro atoms. The molecule has 9 heavy (non-hydrogen) atoms. The molecule has 0 amide bonds. The Kier molecular flexibility index (Phi) is 2.17. The summed E-state index contributed by atoms with van der Waals surface area (Å²) < 4.78 is -0.0434. The van der Waals surface area contributed by atoms with Crippen LogP contribution in [0.15, 0.2) is 0 Å². The summed E-state index contributed by atoms with van der Waals surface area (Å²) in [7, 11) is 0. The fourth-order valence-corrected chi connectivity index (χ4v) is 2.22. The van der Waals surface area contributed by atoms with Gasteiger partial charge < -0.3 is 4.79 Å². The van der Waals surface area contributed by atoms with E-state index in [1.54, 1.807) is 11.8 Å². The van der Waals surface area contributed by atoms with Gasteiger partial charge in [0.2, 0.25) is 0 Å². The highest BCUT2D eigenvalue weighted by molar-refractivity contribution is 8.01. The van der Waals surface area contributed by atoms with Crippen LogP contribution in [-0.2, 0) is 4.79 Å². The number of aldehydes is 1. The van der Waals surface area contributed by atoms with Gasteiger partial charge in [-0.2, -0.15) is 0 Å². The summed E-state index contributed by atoms with van der Waals surface area (Å²) in [6.45, 7) is 2.03. The lowest BCUT2D eigenvalue weighted by Gasteiger charge is -2.26. The Hall–Kier alpha value is 0.0200. The lowest BCUT2D eigenvalue weighted by Crippen LogP contribution is -2.25. The third kappa shape index (κ3) is 1.71. The average molecular weight is 144 g/mol. The van der Waals surface area contributed by atoms with Crippen LogP contribution in [0.25, 0.3) is 0 Å². The van der Waals surface area contributed by atoms with Crippen LogP contribution in [-0.4, -0.2) is 16.8 Å². The number of rotatable bonds is 1. The van der Waals surface area contributed by atoms with E-state index in [1.807, 2.05) is 6.92 Å². The molecule has 1 aliphatic heterocycles. The summed E-state index contributed by atoms with van der Waals surface area (Å²) in [6, 6.07) is 0. The van der Waals surface area contributed by atoms with Crippen molar-refractivity contribution in [1.29, 1.82) is 0 Å². The molecule has 0 N–H and O–H groups in total. The van der Waals surface area contributed by atoms with Gasteiger partial charge in [0.05, 0.1) is 4.75 Å². The van der Waals surface area contributed by atoms with Gasteiger partial charge in [0.15, 0.2) is 0 Å². The standard InChI is InChI=1S/C7H12OS/c1-7(6-8)4-2-3-5-9-7/h6H,2-5H2,1H3. The third-order valence-corrected chi connectivity index (χ3v) is 3.20. The first kappa shape index (κ1) is 7.13. The van der Waals surface area contributed by atoms with E-state index in [0.717, 1.165) is 18.5 Å². The smallest absolute Gasteiger partial charge is 0.135 e. The Bertz CT molecular complexity index is 105. The van der Waals surface area contributed by atoms with Gasteiger partial charge in [0.1, 0.15) is 6.29 Å². The second kappa shape index (κ2) is 2.74. The van der Waals surface area contributed by atoms with Crippen molar-refractivity contribution in [2.75, 3.05) is 5.75 Å². The second-order valence-electron chi connectivity index (χ2n) is 2.74. The highest BCUT2D eigenvalue weighted by Crippen LogP contribution is 2.33. The number of carbonyl (C=O) groups excluding carboxylic acids is 1. The Morgan fingerprint density at radius 1 is 1.56 bits per heavy atom. The van der Waals surface area contributed by atoms with E-state index in [2.05, 4.69) is 0 Å². The molecule has 0 saturated carbocycles. The summed E-state index contributed by atoms with van der Waals surface area (Å²) in [5.41, 5.74) is 0. The quantitative estimate of drug-likeness (QED) is 0.522. The largest absolute Gasteiger partial charge is 0.302 e. The van der Waals surface area contributed by atoms with Crippen molar-refractivity contribution >= 4 is 18.0 Å². The minimum Gasteiger partial charge on any atom is -0.302 e. The topological polar surface area (TPSA) is 17.1 Å². The molecule has 1 nitrogen and oxygen atoms in total. The lowest BCUT2D eigenvalue weighted by molar-refractivity contribution is -0.109. The summed E-state index contributed by atoms with van der Waals surface area (Å²) in [5, 5.41) is 0. The normalized spacial score (nSPS) is 36.1. The van der Waals surface area contributed by atoms with E-state index >= 15 is 0 Å². The van der Waals surface area contributed by atoms with Crippen molar-refractivity contribution in [3.05, 3.63) is 0 Å². The van der Waals surface area contributed by atoms with E-state index in [9.17, 15) is 4.79 Å². The van der Waals surface area contributed by atoms with Crippen molar-refractivity contribution in [2.45, 2.75) is 30.9 Å². The molecule has 52 valence electrons. The maximum Gasteiger partial charge on any atom is 0.135 e. The van der Waals surface area contributed by atoms with E-state index in [1.165, 1.54) is 12.8 Å². The molecule has 1 rings (SSSR count). The molecule has 1 fully saturated rings. The van der Waals surface area contributed by atoms with Crippen molar-refractivity contribution in [2.24, 2.45) is 0 Å². The van der Waals surface area contributed by atoms with Gasteiger partial charge in [-0.1, -0.05) is 6.42 Å². The van der Waals surface area contributed by atoms with Crippen LogP contribution < -0.4 is 0 Å².